The van der Waals surface area contributed by atoms with E-state index in [0.717, 1.165) is 22.2 Å². The van der Waals surface area contributed by atoms with E-state index in [4.69, 9.17) is 20.8 Å². The van der Waals surface area contributed by atoms with Crippen molar-refractivity contribution in [1.29, 1.82) is 0 Å². The van der Waals surface area contributed by atoms with Crippen LogP contribution in [0.2, 0.25) is 5.02 Å². The molecule has 1 aromatic heterocycles. The first kappa shape index (κ1) is 17.2. The second-order valence-corrected chi connectivity index (χ2v) is 6.06. The molecular weight excluding hydrogens is 342 g/mol. The lowest BCUT2D eigenvalue weighted by Crippen LogP contribution is -2.07. The molecule has 0 radical (unpaired) electrons. The van der Waals surface area contributed by atoms with Crippen LogP contribution in [0, 0.1) is 0 Å². The van der Waals surface area contributed by atoms with Crippen LogP contribution in [0.25, 0.3) is 11.0 Å². The third-order valence-corrected chi connectivity index (χ3v) is 4.28. The van der Waals surface area contributed by atoms with E-state index < -0.39 is 5.63 Å². The molecule has 0 saturated carbocycles. The highest BCUT2D eigenvalue weighted by atomic mass is 35.5. The van der Waals surface area contributed by atoms with Crippen LogP contribution in [-0.2, 0) is 13.0 Å². The molecule has 0 aliphatic carbocycles. The van der Waals surface area contributed by atoms with Gasteiger partial charge in [-0.25, -0.2) is 4.79 Å². The fraction of sp³-hybridized carbons (Fsp3) is 0.211. The number of fused-ring (bicyclic) bond motifs is 1. The van der Waals surface area contributed by atoms with Gasteiger partial charge in [0.25, 0.3) is 0 Å². The molecular formula is C19H18ClNO4. The van der Waals surface area contributed by atoms with Crippen molar-refractivity contribution in [3.63, 3.8) is 0 Å². The normalized spacial score (nSPS) is 10.8. The lowest BCUT2D eigenvalue weighted by atomic mass is 10.0. The zero-order chi connectivity index (χ0) is 18.0. The molecule has 2 aromatic carbocycles. The third-order valence-electron chi connectivity index (χ3n) is 4.04. The molecule has 25 heavy (non-hydrogen) atoms. The van der Waals surface area contributed by atoms with Gasteiger partial charge in [0.1, 0.15) is 17.1 Å². The number of methoxy groups -OCH3 is 1. The lowest BCUT2D eigenvalue weighted by Gasteiger charge is -2.13. The minimum atomic E-state index is -0.467. The van der Waals surface area contributed by atoms with Gasteiger partial charge in [-0.15, -0.1) is 0 Å². The van der Waals surface area contributed by atoms with Gasteiger partial charge < -0.3 is 19.6 Å². The van der Waals surface area contributed by atoms with Gasteiger partial charge in [0.2, 0.25) is 0 Å². The number of phenols is 1. The number of halogens is 1. The summed E-state index contributed by atoms with van der Waals surface area (Å²) in [6, 6.07) is 10.1. The lowest BCUT2D eigenvalue weighted by molar-refractivity contribution is 0.416. The van der Waals surface area contributed by atoms with E-state index in [1.54, 1.807) is 25.3 Å². The second-order valence-electron chi connectivity index (χ2n) is 5.62. The predicted molar refractivity (Wildman–Crippen MR) is 98.9 cm³/mol. The summed E-state index contributed by atoms with van der Waals surface area (Å²) in [5.41, 5.74) is 2.18. The minimum absolute atomic E-state index is 0.125. The number of hydrogen-bond donors (Lipinski definition) is 2. The van der Waals surface area contributed by atoms with Crippen molar-refractivity contribution >= 4 is 28.3 Å². The molecule has 1 heterocycles. The van der Waals surface area contributed by atoms with Gasteiger partial charge in [0, 0.05) is 29.1 Å². The molecule has 6 heteroatoms. The Morgan fingerprint density at radius 3 is 2.72 bits per heavy atom. The van der Waals surface area contributed by atoms with Crippen LogP contribution < -0.4 is 15.7 Å². The number of benzene rings is 2. The van der Waals surface area contributed by atoms with E-state index >= 15 is 0 Å². The molecule has 0 fully saturated rings. The van der Waals surface area contributed by atoms with Crippen LogP contribution in [-0.4, -0.2) is 12.2 Å². The largest absolute Gasteiger partial charge is 0.508 e. The maximum atomic E-state index is 11.8. The average Bonchev–Trinajstić information content (AvgIpc) is 2.59. The van der Waals surface area contributed by atoms with Crippen LogP contribution in [0.15, 0.2) is 45.6 Å². The molecule has 3 rings (SSSR count). The quantitative estimate of drug-likeness (QED) is 0.663. The fourth-order valence-corrected chi connectivity index (χ4v) is 2.92. The van der Waals surface area contributed by atoms with Gasteiger partial charge in [0.05, 0.1) is 12.8 Å². The maximum absolute atomic E-state index is 11.8. The van der Waals surface area contributed by atoms with E-state index in [2.05, 4.69) is 5.32 Å². The molecule has 5 nitrogen and oxygen atoms in total. The van der Waals surface area contributed by atoms with Crippen LogP contribution in [0.4, 0.5) is 5.69 Å². The Bertz CT molecular complexity index is 981. The summed E-state index contributed by atoms with van der Waals surface area (Å²) >= 11 is 6.04. The van der Waals surface area contributed by atoms with Crippen molar-refractivity contribution in [2.75, 3.05) is 12.4 Å². The van der Waals surface area contributed by atoms with Gasteiger partial charge in [-0.2, -0.15) is 0 Å². The summed E-state index contributed by atoms with van der Waals surface area (Å²) in [4.78, 5) is 11.8. The van der Waals surface area contributed by atoms with Gasteiger partial charge in [-0.05, 0) is 41.8 Å². The number of anilines is 1. The van der Waals surface area contributed by atoms with E-state index in [1.165, 1.54) is 12.1 Å². The number of aryl methyl sites for hydroxylation is 1. The molecule has 0 amide bonds. The highest BCUT2D eigenvalue weighted by Gasteiger charge is 2.11. The SMILES string of the molecule is CCc1cc2c(CNc3cc(Cl)ccc3OC)cc(=O)oc2cc1O. The average molecular weight is 360 g/mol. The number of rotatable bonds is 5. The first-order chi connectivity index (χ1) is 12.0. The number of aromatic hydroxyl groups is 1. The molecule has 2 N–H and O–H groups in total. The third kappa shape index (κ3) is 3.56. The molecule has 130 valence electrons. The topological polar surface area (TPSA) is 71.7 Å². The molecule has 0 spiro atoms. The van der Waals surface area contributed by atoms with Crippen molar-refractivity contribution < 1.29 is 14.3 Å². The molecule has 0 aliphatic rings. The Kier molecular flexibility index (Phi) is 4.86. The van der Waals surface area contributed by atoms with E-state index in [-0.39, 0.29) is 5.75 Å². The van der Waals surface area contributed by atoms with Crippen LogP contribution in [0.3, 0.4) is 0 Å². The summed E-state index contributed by atoms with van der Waals surface area (Å²) < 4.78 is 10.5. The minimum Gasteiger partial charge on any atom is -0.508 e. The highest BCUT2D eigenvalue weighted by Crippen LogP contribution is 2.30. The zero-order valence-electron chi connectivity index (χ0n) is 13.9. The monoisotopic (exact) mass is 359 g/mol. The van der Waals surface area contributed by atoms with Gasteiger partial charge in [0.15, 0.2) is 0 Å². The van der Waals surface area contributed by atoms with Crippen molar-refractivity contribution in [2.24, 2.45) is 0 Å². The maximum Gasteiger partial charge on any atom is 0.336 e. The van der Waals surface area contributed by atoms with Crippen molar-refractivity contribution in [3.8, 4) is 11.5 Å². The van der Waals surface area contributed by atoms with E-state index in [0.29, 0.717) is 29.3 Å². The molecule has 0 unspecified atom stereocenters. The molecule has 3 aromatic rings. The summed E-state index contributed by atoms with van der Waals surface area (Å²) in [6.45, 7) is 2.33. The van der Waals surface area contributed by atoms with Crippen molar-refractivity contribution in [1.82, 2.24) is 0 Å². The summed E-state index contributed by atoms with van der Waals surface area (Å²) in [7, 11) is 1.58. The van der Waals surface area contributed by atoms with Gasteiger partial charge in [-0.3, -0.25) is 0 Å². The predicted octanol–water partition coefficient (Wildman–Crippen LogP) is 4.34. The van der Waals surface area contributed by atoms with E-state index in [9.17, 15) is 9.90 Å². The Labute approximate surface area is 149 Å². The molecule has 0 aliphatic heterocycles. The molecule has 0 atom stereocenters. The zero-order valence-corrected chi connectivity index (χ0v) is 14.7. The number of ether oxygens (including phenoxy) is 1. The Morgan fingerprint density at radius 1 is 1.20 bits per heavy atom. The van der Waals surface area contributed by atoms with Crippen LogP contribution in [0.5, 0.6) is 11.5 Å². The Balaban J connectivity index is 2.01. The van der Waals surface area contributed by atoms with Crippen molar-refractivity contribution in [3.05, 3.63) is 63.0 Å². The fourth-order valence-electron chi connectivity index (χ4n) is 2.75. The van der Waals surface area contributed by atoms with Gasteiger partial charge >= 0.3 is 5.63 Å². The highest BCUT2D eigenvalue weighted by molar-refractivity contribution is 6.30. The van der Waals surface area contributed by atoms with Gasteiger partial charge in [-0.1, -0.05) is 18.5 Å². The van der Waals surface area contributed by atoms with Crippen LogP contribution >= 0.6 is 11.6 Å². The van der Waals surface area contributed by atoms with E-state index in [1.807, 2.05) is 13.0 Å². The first-order valence-electron chi connectivity index (χ1n) is 7.88. The molecule has 0 saturated heterocycles. The standard InChI is InChI=1S/C19H18ClNO4/c1-3-11-6-14-12(7-19(23)25-18(14)9-16(11)22)10-21-15-8-13(20)4-5-17(15)24-2/h4-9,21-22H,3,10H2,1-2H3. The smallest absolute Gasteiger partial charge is 0.336 e. The summed E-state index contributed by atoms with van der Waals surface area (Å²) in [5, 5.41) is 14.6. The first-order valence-corrected chi connectivity index (χ1v) is 8.25. The molecule has 0 bridgehead atoms. The Hall–Kier alpha value is -2.66. The summed E-state index contributed by atoms with van der Waals surface area (Å²) in [5.74, 6) is 0.781. The van der Waals surface area contributed by atoms with Crippen LogP contribution in [0.1, 0.15) is 18.1 Å². The number of nitrogens with one attached hydrogen (secondary N) is 1. The second kappa shape index (κ2) is 7.07. The van der Waals surface area contributed by atoms with Crippen molar-refractivity contribution in [2.45, 2.75) is 19.9 Å². The Morgan fingerprint density at radius 2 is 2.00 bits per heavy atom. The number of phenolic OH excluding ortho intramolecular Hbond substituents is 1. The summed E-state index contributed by atoms with van der Waals surface area (Å²) in [6.07, 6.45) is 0.676. The number of hydrogen-bond acceptors (Lipinski definition) is 5.